The molecule has 1 aromatic rings. The molecule has 110 valence electrons. The van der Waals surface area contributed by atoms with E-state index in [0.717, 1.165) is 49.3 Å². The van der Waals surface area contributed by atoms with Gasteiger partial charge in [-0.2, -0.15) is 0 Å². The Labute approximate surface area is 124 Å². The van der Waals surface area contributed by atoms with E-state index < -0.39 is 5.60 Å². The molecule has 2 aliphatic rings. The van der Waals surface area contributed by atoms with E-state index >= 15 is 0 Å². The van der Waals surface area contributed by atoms with Crippen molar-refractivity contribution in [2.45, 2.75) is 57.5 Å². The molecule has 0 aromatic carbocycles. The highest BCUT2D eigenvalue weighted by atomic mass is 32.1. The van der Waals surface area contributed by atoms with Gasteiger partial charge in [-0.05, 0) is 49.7 Å². The van der Waals surface area contributed by atoms with Crippen molar-refractivity contribution in [1.82, 2.24) is 5.32 Å². The van der Waals surface area contributed by atoms with Crippen molar-refractivity contribution in [3.8, 4) is 0 Å². The van der Waals surface area contributed by atoms with Crippen LogP contribution < -0.4 is 5.32 Å². The van der Waals surface area contributed by atoms with Crippen molar-refractivity contribution in [3.63, 3.8) is 0 Å². The number of thiophene rings is 1. The molecule has 0 bridgehead atoms. The van der Waals surface area contributed by atoms with E-state index in [4.69, 9.17) is 0 Å². The predicted octanol–water partition coefficient (Wildman–Crippen LogP) is 2.91. The van der Waals surface area contributed by atoms with E-state index in [0.29, 0.717) is 6.54 Å². The highest BCUT2D eigenvalue weighted by Crippen LogP contribution is 2.32. The third kappa shape index (κ3) is 2.91. The Morgan fingerprint density at radius 2 is 2.25 bits per heavy atom. The molecule has 0 spiro atoms. The quantitative estimate of drug-likeness (QED) is 0.900. The lowest BCUT2D eigenvalue weighted by atomic mass is 9.90. The van der Waals surface area contributed by atoms with Gasteiger partial charge in [-0.1, -0.05) is 19.8 Å². The SMILES string of the molecule is CC1CCc2sc(C(=O)NCC3(O)CCCC3)cc2C1. The second kappa shape index (κ2) is 5.49. The zero-order valence-electron chi connectivity index (χ0n) is 12.1. The van der Waals surface area contributed by atoms with Gasteiger partial charge in [0.05, 0.1) is 10.5 Å². The largest absolute Gasteiger partial charge is 0.388 e. The first kappa shape index (κ1) is 14.1. The summed E-state index contributed by atoms with van der Waals surface area (Å²) in [5.41, 5.74) is 0.694. The van der Waals surface area contributed by atoms with Gasteiger partial charge >= 0.3 is 0 Å². The molecular formula is C16H23NO2S. The number of aliphatic hydroxyl groups is 1. The maximum absolute atomic E-state index is 12.2. The Morgan fingerprint density at radius 3 is 3.00 bits per heavy atom. The van der Waals surface area contributed by atoms with Crippen LogP contribution in [0.25, 0.3) is 0 Å². The Morgan fingerprint density at radius 1 is 1.50 bits per heavy atom. The minimum atomic E-state index is -0.666. The van der Waals surface area contributed by atoms with Gasteiger partial charge in [-0.15, -0.1) is 11.3 Å². The van der Waals surface area contributed by atoms with E-state index in [1.807, 2.05) is 0 Å². The predicted molar refractivity (Wildman–Crippen MR) is 81.3 cm³/mol. The van der Waals surface area contributed by atoms with E-state index in [9.17, 15) is 9.90 Å². The number of hydrogen-bond donors (Lipinski definition) is 2. The van der Waals surface area contributed by atoms with Crippen molar-refractivity contribution in [2.24, 2.45) is 5.92 Å². The summed E-state index contributed by atoms with van der Waals surface area (Å²) >= 11 is 1.63. The normalized spacial score (nSPS) is 24.4. The lowest BCUT2D eigenvalue weighted by Crippen LogP contribution is -2.40. The van der Waals surface area contributed by atoms with Gasteiger partial charge in [0, 0.05) is 11.4 Å². The van der Waals surface area contributed by atoms with Crippen LogP contribution in [0.15, 0.2) is 6.07 Å². The molecule has 1 amide bonds. The summed E-state index contributed by atoms with van der Waals surface area (Å²) in [4.78, 5) is 14.4. The molecule has 1 atom stereocenters. The van der Waals surface area contributed by atoms with Gasteiger partial charge in [0.25, 0.3) is 5.91 Å². The van der Waals surface area contributed by atoms with Gasteiger partial charge in [0.1, 0.15) is 0 Å². The van der Waals surface area contributed by atoms with Crippen LogP contribution >= 0.6 is 11.3 Å². The summed E-state index contributed by atoms with van der Waals surface area (Å²) in [6.07, 6.45) is 7.20. The first-order valence-electron chi connectivity index (χ1n) is 7.68. The molecule has 1 fully saturated rings. The molecule has 2 N–H and O–H groups in total. The summed E-state index contributed by atoms with van der Waals surface area (Å²) in [5, 5.41) is 13.2. The summed E-state index contributed by atoms with van der Waals surface area (Å²) in [7, 11) is 0. The van der Waals surface area contributed by atoms with Crippen molar-refractivity contribution < 1.29 is 9.90 Å². The number of nitrogens with one attached hydrogen (secondary N) is 1. The molecule has 2 aliphatic carbocycles. The molecule has 3 rings (SSSR count). The standard InChI is InChI=1S/C16H23NO2S/c1-11-4-5-13-12(8-11)9-14(20-13)15(18)17-10-16(19)6-2-3-7-16/h9,11,19H,2-8,10H2,1H3,(H,17,18). The molecule has 20 heavy (non-hydrogen) atoms. The van der Waals surface area contributed by atoms with Gasteiger partial charge in [0.15, 0.2) is 0 Å². The zero-order chi connectivity index (χ0) is 14.2. The van der Waals surface area contributed by atoms with Crippen molar-refractivity contribution in [1.29, 1.82) is 0 Å². The maximum Gasteiger partial charge on any atom is 0.261 e. The monoisotopic (exact) mass is 293 g/mol. The molecular weight excluding hydrogens is 270 g/mol. The third-order valence-electron chi connectivity index (χ3n) is 4.67. The molecule has 1 heterocycles. The topological polar surface area (TPSA) is 49.3 Å². The minimum absolute atomic E-state index is 0.0163. The average Bonchev–Trinajstić information content (AvgIpc) is 3.02. The molecule has 3 nitrogen and oxygen atoms in total. The van der Waals surface area contributed by atoms with Gasteiger partial charge < -0.3 is 10.4 Å². The molecule has 4 heteroatoms. The summed E-state index contributed by atoms with van der Waals surface area (Å²) in [6, 6.07) is 2.06. The number of fused-ring (bicyclic) bond motifs is 1. The number of amides is 1. The third-order valence-corrected chi connectivity index (χ3v) is 5.90. The first-order chi connectivity index (χ1) is 9.56. The van der Waals surface area contributed by atoms with Crippen LogP contribution in [0.1, 0.15) is 59.1 Å². The average molecular weight is 293 g/mol. The maximum atomic E-state index is 12.2. The Kier molecular flexibility index (Phi) is 3.87. The van der Waals surface area contributed by atoms with Gasteiger partial charge in [-0.25, -0.2) is 0 Å². The van der Waals surface area contributed by atoms with Gasteiger partial charge in [0.2, 0.25) is 0 Å². The molecule has 0 saturated heterocycles. The highest BCUT2D eigenvalue weighted by Gasteiger charge is 2.31. The van der Waals surface area contributed by atoms with Crippen LogP contribution in [0.4, 0.5) is 0 Å². The zero-order valence-corrected chi connectivity index (χ0v) is 12.9. The fourth-order valence-corrected chi connectivity index (χ4v) is 4.48. The van der Waals surface area contributed by atoms with Crippen molar-refractivity contribution in [3.05, 3.63) is 21.4 Å². The Hall–Kier alpha value is -0.870. The van der Waals surface area contributed by atoms with E-state index in [-0.39, 0.29) is 5.91 Å². The van der Waals surface area contributed by atoms with Crippen LogP contribution in [0, 0.1) is 5.92 Å². The first-order valence-corrected chi connectivity index (χ1v) is 8.49. The lowest BCUT2D eigenvalue weighted by molar-refractivity contribution is 0.0450. The van der Waals surface area contributed by atoms with Crippen LogP contribution in [0.5, 0.6) is 0 Å². The smallest absolute Gasteiger partial charge is 0.261 e. The van der Waals surface area contributed by atoms with Crippen LogP contribution in [-0.4, -0.2) is 23.2 Å². The molecule has 0 radical (unpaired) electrons. The number of hydrogen-bond acceptors (Lipinski definition) is 3. The van der Waals surface area contributed by atoms with E-state index in [1.54, 1.807) is 11.3 Å². The summed E-state index contributed by atoms with van der Waals surface area (Å²) in [5.74, 6) is 0.713. The number of carbonyl (C=O) groups excluding carboxylic acids is 1. The molecule has 1 unspecified atom stereocenters. The molecule has 1 saturated carbocycles. The Bertz CT molecular complexity index is 503. The number of rotatable bonds is 3. The lowest BCUT2D eigenvalue weighted by Gasteiger charge is -2.22. The second-order valence-electron chi connectivity index (χ2n) is 6.52. The van der Waals surface area contributed by atoms with E-state index in [1.165, 1.54) is 16.9 Å². The van der Waals surface area contributed by atoms with Crippen molar-refractivity contribution >= 4 is 17.2 Å². The van der Waals surface area contributed by atoms with E-state index in [2.05, 4.69) is 18.3 Å². The minimum Gasteiger partial charge on any atom is -0.388 e. The van der Waals surface area contributed by atoms with Gasteiger partial charge in [-0.3, -0.25) is 4.79 Å². The molecule has 1 aromatic heterocycles. The Balaban J connectivity index is 1.63. The number of aryl methyl sites for hydroxylation is 1. The molecule has 0 aliphatic heterocycles. The van der Waals surface area contributed by atoms with Crippen LogP contribution in [-0.2, 0) is 12.8 Å². The fraction of sp³-hybridized carbons (Fsp3) is 0.688. The van der Waals surface area contributed by atoms with Crippen molar-refractivity contribution in [2.75, 3.05) is 6.54 Å². The summed E-state index contributed by atoms with van der Waals surface area (Å²) in [6.45, 7) is 2.67. The second-order valence-corrected chi connectivity index (χ2v) is 7.66. The summed E-state index contributed by atoms with van der Waals surface area (Å²) < 4.78 is 0. The van der Waals surface area contributed by atoms with Crippen LogP contribution in [0.2, 0.25) is 0 Å². The highest BCUT2D eigenvalue weighted by molar-refractivity contribution is 7.14. The number of carbonyl (C=O) groups is 1. The van der Waals surface area contributed by atoms with Crippen LogP contribution in [0.3, 0.4) is 0 Å². The fourth-order valence-electron chi connectivity index (χ4n) is 3.36.